The minimum Gasteiger partial charge on any atom is -0.354 e. The number of hydrogen-bond acceptors (Lipinski definition) is 5. The Hall–Kier alpha value is -2.76. The lowest BCUT2D eigenvalue weighted by Gasteiger charge is -2.16. The lowest BCUT2D eigenvalue weighted by atomic mass is 10.1. The molecule has 25 heavy (non-hydrogen) atoms. The van der Waals surface area contributed by atoms with Crippen LogP contribution in [0.15, 0.2) is 42.9 Å². The molecule has 3 aromatic rings. The van der Waals surface area contributed by atoms with E-state index in [4.69, 9.17) is 0 Å². The molecule has 3 aromatic heterocycles. The third-order valence-corrected chi connectivity index (χ3v) is 4.79. The van der Waals surface area contributed by atoms with E-state index in [1.54, 1.807) is 6.20 Å². The highest BCUT2D eigenvalue weighted by atomic mass is 15.3. The van der Waals surface area contributed by atoms with Gasteiger partial charge in [-0.25, -0.2) is 9.97 Å². The van der Waals surface area contributed by atoms with Gasteiger partial charge in [-0.2, -0.15) is 5.10 Å². The summed E-state index contributed by atoms with van der Waals surface area (Å²) in [5.74, 6) is 0.671. The van der Waals surface area contributed by atoms with Crippen LogP contribution in [-0.4, -0.2) is 31.3 Å². The lowest BCUT2D eigenvalue weighted by molar-refractivity contribution is 0.415. The van der Waals surface area contributed by atoms with Gasteiger partial charge in [-0.1, -0.05) is 0 Å². The molecule has 0 amide bonds. The molecule has 1 N–H and O–H groups in total. The number of hydrogen-bond donors (Lipinski definition) is 1. The first-order valence-corrected chi connectivity index (χ1v) is 8.63. The Morgan fingerprint density at radius 1 is 1.12 bits per heavy atom. The second kappa shape index (κ2) is 6.27. The van der Waals surface area contributed by atoms with Gasteiger partial charge < -0.3 is 5.32 Å². The summed E-state index contributed by atoms with van der Waals surface area (Å²) in [6.45, 7) is 5.81. The summed E-state index contributed by atoms with van der Waals surface area (Å²) >= 11 is 0. The predicted molar refractivity (Wildman–Crippen MR) is 97.1 cm³/mol. The summed E-state index contributed by atoms with van der Waals surface area (Å²) in [7, 11) is 0. The smallest absolute Gasteiger partial charge is 0.223 e. The zero-order chi connectivity index (χ0) is 17.3. The number of nitrogens with one attached hydrogen (secondary N) is 1. The van der Waals surface area contributed by atoms with Crippen molar-refractivity contribution in [1.82, 2.24) is 24.7 Å². The van der Waals surface area contributed by atoms with Crippen LogP contribution in [0.3, 0.4) is 0 Å². The molecule has 0 aliphatic heterocycles. The van der Waals surface area contributed by atoms with Crippen molar-refractivity contribution in [2.24, 2.45) is 5.41 Å². The highest BCUT2D eigenvalue weighted by molar-refractivity contribution is 5.62. The zero-order valence-electron chi connectivity index (χ0n) is 14.6. The van der Waals surface area contributed by atoms with Crippen molar-refractivity contribution in [2.75, 3.05) is 11.9 Å². The maximum Gasteiger partial charge on any atom is 0.223 e. The first kappa shape index (κ1) is 15.7. The standard InChI is InChI=1S/C19H22N6/c1-14-4-5-16(15(2)23-14)17-6-10-20-18(24-17)21-12-19(7-8-19)13-25-11-3-9-22-25/h3-6,9-11H,7-8,12-13H2,1-2H3,(H,20,21,24). The Balaban J connectivity index is 1.47. The van der Waals surface area contributed by atoms with Gasteiger partial charge in [-0.05, 0) is 51.0 Å². The van der Waals surface area contributed by atoms with Gasteiger partial charge in [0.1, 0.15) is 0 Å². The van der Waals surface area contributed by atoms with Gasteiger partial charge in [-0.15, -0.1) is 0 Å². The Labute approximate surface area is 147 Å². The molecule has 0 unspecified atom stereocenters. The van der Waals surface area contributed by atoms with Gasteiger partial charge in [0.15, 0.2) is 0 Å². The number of anilines is 1. The zero-order valence-corrected chi connectivity index (χ0v) is 14.6. The third-order valence-electron chi connectivity index (χ3n) is 4.79. The van der Waals surface area contributed by atoms with Crippen LogP contribution in [0.1, 0.15) is 24.2 Å². The van der Waals surface area contributed by atoms with Crippen molar-refractivity contribution in [1.29, 1.82) is 0 Å². The molecular weight excluding hydrogens is 312 g/mol. The van der Waals surface area contributed by atoms with Crippen LogP contribution >= 0.6 is 0 Å². The number of pyridine rings is 1. The van der Waals surface area contributed by atoms with E-state index < -0.39 is 0 Å². The van der Waals surface area contributed by atoms with E-state index in [0.29, 0.717) is 5.95 Å². The van der Waals surface area contributed by atoms with Gasteiger partial charge in [0.25, 0.3) is 0 Å². The number of aromatic nitrogens is 5. The first-order valence-electron chi connectivity index (χ1n) is 8.63. The molecular formula is C19H22N6. The van der Waals surface area contributed by atoms with E-state index in [1.807, 2.05) is 49.1 Å². The third kappa shape index (κ3) is 3.52. The van der Waals surface area contributed by atoms with Crippen molar-refractivity contribution in [2.45, 2.75) is 33.2 Å². The molecule has 4 rings (SSSR count). The van der Waals surface area contributed by atoms with E-state index in [0.717, 1.165) is 35.7 Å². The normalized spacial score (nSPS) is 15.1. The van der Waals surface area contributed by atoms with Crippen LogP contribution in [0.2, 0.25) is 0 Å². The van der Waals surface area contributed by atoms with Crippen molar-refractivity contribution in [3.8, 4) is 11.3 Å². The SMILES string of the molecule is Cc1ccc(-c2ccnc(NCC3(Cn4cccn4)CC3)n2)c(C)n1. The minimum atomic E-state index is 0.271. The van der Waals surface area contributed by atoms with Crippen molar-refractivity contribution < 1.29 is 0 Å². The molecule has 128 valence electrons. The second-order valence-electron chi connectivity index (χ2n) is 6.91. The van der Waals surface area contributed by atoms with E-state index in [2.05, 4.69) is 31.4 Å². The van der Waals surface area contributed by atoms with Gasteiger partial charge in [0.2, 0.25) is 5.95 Å². The Bertz CT molecular complexity index is 867. The molecule has 0 atom stereocenters. The fourth-order valence-electron chi connectivity index (χ4n) is 3.12. The van der Waals surface area contributed by atoms with Gasteiger partial charge in [0.05, 0.1) is 5.69 Å². The molecule has 1 saturated carbocycles. The van der Waals surface area contributed by atoms with Crippen molar-refractivity contribution in [3.63, 3.8) is 0 Å². The quantitative estimate of drug-likeness (QED) is 0.749. The summed E-state index contributed by atoms with van der Waals surface area (Å²) < 4.78 is 2.01. The molecule has 3 heterocycles. The summed E-state index contributed by atoms with van der Waals surface area (Å²) in [4.78, 5) is 13.6. The highest BCUT2D eigenvalue weighted by Crippen LogP contribution is 2.46. The van der Waals surface area contributed by atoms with E-state index in [-0.39, 0.29) is 5.41 Å². The molecule has 1 fully saturated rings. The molecule has 0 aromatic carbocycles. The Kier molecular flexibility index (Phi) is 3.95. The van der Waals surface area contributed by atoms with Crippen LogP contribution in [0, 0.1) is 19.3 Å². The monoisotopic (exact) mass is 334 g/mol. The molecule has 6 heteroatoms. The summed E-state index contributed by atoms with van der Waals surface area (Å²) in [6, 6.07) is 7.99. The Morgan fingerprint density at radius 2 is 2.00 bits per heavy atom. The fraction of sp³-hybridized carbons (Fsp3) is 0.368. The summed E-state index contributed by atoms with van der Waals surface area (Å²) in [5, 5.41) is 7.73. The molecule has 1 aliphatic carbocycles. The largest absolute Gasteiger partial charge is 0.354 e. The first-order chi connectivity index (χ1) is 12.1. The summed E-state index contributed by atoms with van der Waals surface area (Å²) in [6.07, 6.45) is 8.07. The van der Waals surface area contributed by atoms with E-state index >= 15 is 0 Å². The van der Waals surface area contributed by atoms with Gasteiger partial charge in [-0.3, -0.25) is 9.67 Å². The number of aryl methyl sites for hydroxylation is 2. The molecule has 0 bridgehead atoms. The average Bonchev–Trinajstić information content (AvgIpc) is 3.17. The van der Waals surface area contributed by atoms with Crippen molar-refractivity contribution in [3.05, 3.63) is 54.2 Å². The predicted octanol–water partition coefficient (Wildman–Crippen LogP) is 3.24. The van der Waals surface area contributed by atoms with Crippen LogP contribution < -0.4 is 5.32 Å². The van der Waals surface area contributed by atoms with E-state index in [9.17, 15) is 0 Å². The average molecular weight is 334 g/mol. The highest BCUT2D eigenvalue weighted by Gasteiger charge is 2.43. The number of rotatable bonds is 6. The molecule has 0 radical (unpaired) electrons. The van der Waals surface area contributed by atoms with Gasteiger partial charge >= 0.3 is 0 Å². The van der Waals surface area contributed by atoms with Crippen LogP contribution in [0.25, 0.3) is 11.3 Å². The summed E-state index contributed by atoms with van der Waals surface area (Å²) in [5.41, 5.74) is 4.23. The fourth-order valence-corrected chi connectivity index (χ4v) is 3.12. The van der Waals surface area contributed by atoms with Crippen LogP contribution in [0.4, 0.5) is 5.95 Å². The molecule has 0 spiro atoms. The lowest BCUT2D eigenvalue weighted by Crippen LogP contribution is -2.22. The van der Waals surface area contributed by atoms with Crippen LogP contribution in [0.5, 0.6) is 0 Å². The maximum atomic E-state index is 4.68. The Morgan fingerprint density at radius 3 is 2.72 bits per heavy atom. The molecule has 6 nitrogen and oxygen atoms in total. The minimum absolute atomic E-state index is 0.271. The van der Waals surface area contributed by atoms with E-state index in [1.165, 1.54) is 12.8 Å². The second-order valence-corrected chi connectivity index (χ2v) is 6.91. The van der Waals surface area contributed by atoms with Crippen LogP contribution in [-0.2, 0) is 6.54 Å². The number of nitrogens with zero attached hydrogens (tertiary/aromatic N) is 5. The van der Waals surface area contributed by atoms with Gasteiger partial charge in [0, 0.05) is 54.0 Å². The topological polar surface area (TPSA) is 68.5 Å². The van der Waals surface area contributed by atoms with Crippen molar-refractivity contribution >= 4 is 5.95 Å². The molecule has 1 aliphatic rings. The molecule has 0 saturated heterocycles. The maximum absolute atomic E-state index is 4.68.